The third-order valence-electron chi connectivity index (χ3n) is 1.25. The highest BCUT2D eigenvalue weighted by molar-refractivity contribution is 14.1. The van der Waals surface area contributed by atoms with E-state index in [1.54, 1.807) is 0 Å². The number of hydrogen-bond donors (Lipinski definition) is 0. The fraction of sp³-hybridized carbons (Fsp3) is 0.500. The average Bonchev–Trinajstić information content (AvgIpc) is 2.10. The molecule has 3 heteroatoms. The quantitative estimate of drug-likeness (QED) is 0.680. The van der Waals surface area contributed by atoms with Crippen molar-refractivity contribution in [2.75, 3.05) is 0 Å². The summed E-state index contributed by atoms with van der Waals surface area (Å²) in [6.07, 6.45) is 0. The Morgan fingerprint density at radius 2 is 2.44 bits per heavy atom. The minimum absolute atomic E-state index is 0.967. The van der Waals surface area contributed by atoms with Crippen LogP contribution in [0, 0.1) is 10.6 Å². The van der Waals surface area contributed by atoms with Crippen LogP contribution in [-0.4, -0.2) is 9.78 Å². The number of nitrogens with zero attached hydrogens (tertiary/aromatic N) is 2. The molecule has 0 aliphatic heterocycles. The molecular formula is C6H9IN2. The van der Waals surface area contributed by atoms with Gasteiger partial charge in [0, 0.05) is 12.2 Å². The second kappa shape index (κ2) is 2.68. The SMILES string of the molecule is CCn1nc(I)cc1C. The molecule has 50 valence electrons. The summed E-state index contributed by atoms with van der Waals surface area (Å²) in [4.78, 5) is 0. The van der Waals surface area contributed by atoms with Crippen molar-refractivity contribution in [1.82, 2.24) is 9.78 Å². The van der Waals surface area contributed by atoms with Crippen LogP contribution >= 0.6 is 22.6 Å². The first kappa shape index (κ1) is 7.05. The van der Waals surface area contributed by atoms with Crippen LogP contribution in [0.25, 0.3) is 0 Å². The molecule has 0 atom stereocenters. The molecule has 1 aromatic heterocycles. The second-order valence-electron chi connectivity index (χ2n) is 1.92. The predicted molar refractivity (Wildman–Crippen MR) is 45.4 cm³/mol. The number of aromatic nitrogens is 2. The Morgan fingerprint density at radius 3 is 2.67 bits per heavy atom. The van der Waals surface area contributed by atoms with Crippen molar-refractivity contribution in [3.8, 4) is 0 Å². The van der Waals surface area contributed by atoms with Crippen LogP contribution in [-0.2, 0) is 6.54 Å². The van der Waals surface area contributed by atoms with Crippen LogP contribution in [0.3, 0.4) is 0 Å². The highest BCUT2D eigenvalue weighted by Gasteiger charge is 1.96. The molecule has 0 fully saturated rings. The van der Waals surface area contributed by atoms with E-state index in [0.717, 1.165) is 10.2 Å². The van der Waals surface area contributed by atoms with Crippen LogP contribution in [0.15, 0.2) is 6.07 Å². The molecule has 1 aromatic rings. The molecule has 0 saturated heterocycles. The van der Waals surface area contributed by atoms with E-state index in [2.05, 4.69) is 47.6 Å². The van der Waals surface area contributed by atoms with Gasteiger partial charge in [0.1, 0.15) is 3.70 Å². The van der Waals surface area contributed by atoms with Crippen molar-refractivity contribution in [3.63, 3.8) is 0 Å². The first-order chi connectivity index (χ1) is 4.24. The molecule has 0 aromatic carbocycles. The lowest BCUT2D eigenvalue weighted by Crippen LogP contribution is -1.97. The van der Waals surface area contributed by atoms with E-state index in [1.807, 2.05) is 4.68 Å². The zero-order valence-corrected chi connectivity index (χ0v) is 7.71. The molecule has 0 spiro atoms. The van der Waals surface area contributed by atoms with Gasteiger partial charge in [0.15, 0.2) is 0 Å². The molecule has 0 unspecified atom stereocenters. The largest absolute Gasteiger partial charge is 0.269 e. The molecular weight excluding hydrogens is 227 g/mol. The summed E-state index contributed by atoms with van der Waals surface area (Å²) < 4.78 is 3.06. The van der Waals surface area contributed by atoms with E-state index in [4.69, 9.17) is 0 Å². The summed E-state index contributed by atoms with van der Waals surface area (Å²) in [6, 6.07) is 2.07. The van der Waals surface area contributed by atoms with E-state index >= 15 is 0 Å². The molecule has 1 rings (SSSR count). The second-order valence-corrected chi connectivity index (χ2v) is 3.03. The zero-order chi connectivity index (χ0) is 6.85. The topological polar surface area (TPSA) is 17.8 Å². The van der Waals surface area contributed by atoms with Crippen LogP contribution < -0.4 is 0 Å². The maximum atomic E-state index is 4.23. The number of halogens is 1. The predicted octanol–water partition coefficient (Wildman–Crippen LogP) is 1.82. The Balaban J connectivity index is 3.01. The molecule has 0 amide bonds. The Morgan fingerprint density at radius 1 is 1.78 bits per heavy atom. The summed E-state index contributed by atoms with van der Waals surface area (Å²) >= 11 is 2.22. The maximum absolute atomic E-state index is 4.23. The molecule has 2 nitrogen and oxygen atoms in total. The molecule has 0 bridgehead atoms. The van der Waals surface area contributed by atoms with Crippen molar-refractivity contribution in [1.29, 1.82) is 0 Å². The highest BCUT2D eigenvalue weighted by Crippen LogP contribution is 2.04. The van der Waals surface area contributed by atoms with E-state index in [0.29, 0.717) is 0 Å². The molecule has 1 heterocycles. The molecule has 0 saturated carbocycles. The van der Waals surface area contributed by atoms with Gasteiger partial charge in [0.05, 0.1) is 0 Å². The van der Waals surface area contributed by atoms with E-state index in [-0.39, 0.29) is 0 Å². The van der Waals surface area contributed by atoms with Crippen molar-refractivity contribution in [3.05, 3.63) is 15.5 Å². The third kappa shape index (κ3) is 1.44. The fourth-order valence-corrected chi connectivity index (χ4v) is 1.50. The number of rotatable bonds is 1. The summed E-state index contributed by atoms with van der Waals surface area (Å²) in [6.45, 7) is 5.13. The lowest BCUT2D eigenvalue weighted by atomic mass is 10.5. The Labute approximate surface area is 68.4 Å². The normalized spacial score (nSPS) is 10.1. The van der Waals surface area contributed by atoms with Gasteiger partial charge in [-0.15, -0.1) is 0 Å². The minimum atomic E-state index is 0.967. The van der Waals surface area contributed by atoms with Gasteiger partial charge >= 0.3 is 0 Å². The fourth-order valence-electron chi connectivity index (χ4n) is 0.790. The van der Waals surface area contributed by atoms with Gasteiger partial charge < -0.3 is 0 Å². The van der Waals surface area contributed by atoms with Crippen LogP contribution in [0.4, 0.5) is 0 Å². The van der Waals surface area contributed by atoms with E-state index < -0.39 is 0 Å². The smallest absolute Gasteiger partial charge is 0.123 e. The lowest BCUT2D eigenvalue weighted by Gasteiger charge is -1.95. The van der Waals surface area contributed by atoms with Crippen molar-refractivity contribution < 1.29 is 0 Å². The van der Waals surface area contributed by atoms with Gasteiger partial charge in [-0.25, -0.2) is 0 Å². The van der Waals surface area contributed by atoms with Crippen LogP contribution in [0.2, 0.25) is 0 Å². The van der Waals surface area contributed by atoms with Crippen molar-refractivity contribution in [2.45, 2.75) is 20.4 Å². The average molecular weight is 236 g/mol. The highest BCUT2D eigenvalue weighted by atomic mass is 127. The van der Waals surface area contributed by atoms with Gasteiger partial charge in [0.2, 0.25) is 0 Å². The Kier molecular flexibility index (Phi) is 2.10. The van der Waals surface area contributed by atoms with Crippen LogP contribution in [0.5, 0.6) is 0 Å². The Hall–Kier alpha value is -0.0600. The lowest BCUT2D eigenvalue weighted by molar-refractivity contribution is 0.635. The molecule has 0 aliphatic carbocycles. The molecule has 9 heavy (non-hydrogen) atoms. The Bertz CT molecular complexity index is 205. The summed E-state index contributed by atoms with van der Waals surface area (Å²) in [5, 5.41) is 4.23. The molecule has 0 aliphatic rings. The maximum Gasteiger partial charge on any atom is 0.123 e. The van der Waals surface area contributed by atoms with Crippen molar-refractivity contribution in [2.24, 2.45) is 0 Å². The molecule has 0 N–H and O–H groups in total. The first-order valence-electron chi connectivity index (χ1n) is 2.94. The van der Waals surface area contributed by atoms with E-state index in [1.165, 1.54) is 5.69 Å². The third-order valence-corrected chi connectivity index (χ3v) is 1.78. The van der Waals surface area contributed by atoms with Gasteiger partial charge in [-0.2, -0.15) is 5.10 Å². The molecule has 0 radical (unpaired) electrons. The van der Waals surface area contributed by atoms with Gasteiger partial charge in [-0.3, -0.25) is 4.68 Å². The first-order valence-corrected chi connectivity index (χ1v) is 4.02. The zero-order valence-electron chi connectivity index (χ0n) is 5.56. The van der Waals surface area contributed by atoms with E-state index in [9.17, 15) is 0 Å². The number of hydrogen-bond acceptors (Lipinski definition) is 1. The summed E-state index contributed by atoms with van der Waals surface area (Å²) in [7, 11) is 0. The van der Waals surface area contributed by atoms with Gasteiger partial charge in [-0.1, -0.05) is 0 Å². The standard InChI is InChI=1S/C6H9IN2/c1-3-9-5(2)4-6(7)8-9/h4H,3H2,1-2H3. The summed E-state index contributed by atoms with van der Waals surface area (Å²) in [5.74, 6) is 0. The van der Waals surface area contributed by atoms with Crippen molar-refractivity contribution >= 4 is 22.6 Å². The van der Waals surface area contributed by atoms with Crippen LogP contribution in [0.1, 0.15) is 12.6 Å². The van der Waals surface area contributed by atoms with Gasteiger partial charge in [-0.05, 0) is 42.5 Å². The monoisotopic (exact) mass is 236 g/mol. The van der Waals surface area contributed by atoms with Gasteiger partial charge in [0.25, 0.3) is 0 Å². The summed E-state index contributed by atoms with van der Waals surface area (Å²) in [5.41, 5.74) is 1.24. The minimum Gasteiger partial charge on any atom is -0.269 e. The number of aryl methyl sites for hydroxylation is 2.